The van der Waals surface area contributed by atoms with Crippen LogP contribution >= 0.6 is 0 Å². The van der Waals surface area contributed by atoms with E-state index in [2.05, 4.69) is 42.9 Å². The standard InChI is InChI=1S/C17H35N5O2/c1-6-24-17(23)21-10-7-15(8-11-21)20-16(18)19-9-12-22(13(2)3)14(4)5/h13-15H,6-12H2,1-5H3,(H3,18,19,20). The van der Waals surface area contributed by atoms with Crippen LogP contribution < -0.4 is 11.1 Å². The van der Waals surface area contributed by atoms with Gasteiger partial charge in [-0.25, -0.2) is 4.79 Å². The fourth-order valence-electron chi connectivity index (χ4n) is 3.07. The van der Waals surface area contributed by atoms with Crippen molar-refractivity contribution in [2.24, 2.45) is 10.7 Å². The van der Waals surface area contributed by atoms with Gasteiger partial charge < -0.3 is 20.7 Å². The Morgan fingerprint density at radius 2 is 1.88 bits per heavy atom. The lowest BCUT2D eigenvalue weighted by Crippen LogP contribution is -2.48. The number of piperidine rings is 1. The van der Waals surface area contributed by atoms with E-state index < -0.39 is 0 Å². The molecule has 1 aliphatic rings. The van der Waals surface area contributed by atoms with E-state index in [4.69, 9.17) is 10.5 Å². The van der Waals surface area contributed by atoms with Gasteiger partial charge in [-0.15, -0.1) is 0 Å². The number of nitrogens with one attached hydrogen (secondary N) is 1. The number of aliphatic imine (C=N–C) groups is 1. The molecule has 24 heavy (non-hydrogen) atoms. The van der Waals surface area contributed by atoms with Gasteiger partial charge in [0.1, 0.15) is 0 Å². The Labute approximate surface area is 146 Å². The maximum Gasteiger partial charge on any atom is 0.409 e. The summed E-state index contributed by atoms with van der Waals surface area (Å²) in [5.74, 6) is 0.497. The summed E-state index contributed by atoms with van der Waals surface area (Å²) in [6, 6.07) is 1.27. The first kappa shape index (κ1) is 20.5. The van der Waals surface area contributed by atoms with Gasteiger partial charge in [-0.05, 0) is 47.5 Å². The van der Waals surface area contributed by atoms with Crippen molar-refractivity contribution < 1.29 is 9.53 Å². The van der Waals surface area contributed by atoms with Crippen molar-refractivity contribution in [2.45, 2.75) is 65.6 Å². The summed E-state index contributed by atoms with van der Waals surface area (Å²) < 4.78 is 5.03. The number of hydrogen-bond acceptors (Lipinski definition) is 4. The first-order valence-corrected chi connectivity index (χ1v) is 9.09. The predicted molar refractivity (Wildman–Crippen MR) is 98.2 cm³/mol. The average Bonchev–Trinajstić information content (AvgIpc) is 2.51. The van der Waals surface area contributed by atoms with Crippen LogP contribution in [0.15, 0.2) is 4.99 Å². The lowest BCUT2D eigenvalue weighted by molar-refractivity contribution is 0.0963. The van der Waals surface area contributed by atoms with Gasteiger partial charge in [0.2, 0.25) is 0 Å². The van der Waals surface area contributed by atoms with Gasteiger partial charge in [-0.2, -0.15) is 0 Å². The van der Waals surface area contributed by atoms with E-state index in [9.17, 15) is 4.79 Å². The van der Waals surface area contributed by atoms with E-state index >= 15 is 0 Å². The number of carbonyl (C=O) groups excluding carboxylic acids is 1. The van der Waals surface area contributed by atoms with E-state index in [1.165, 1.54) is 0 Å². The third-order valence-electron chi connectivity index (χ3n) is 4.34. The SMILES string of the molecule is CCOC(=O)N1CCC(NC(N)=NCCN(C(C)C)C(C)C)CC1. The highest BCUT2D eigenvalue weighted by Gasteiger charge is 2.23. The van der Waals surface area contributed by atoms with Crippen LogP contribution in [-0.4, -0.2) is 72.8 Å². The first-order chi connectivity index (χ1) is 11.3. The van der Waals surface area contributed by atoms with Gasteiger partial charge >= 0.3 is 6.09 Å². The molecule has 7 nitrogen and oxygen atoms in total. The van der Waals surface area contributed by atoms with Crippen LogP contribution in [0.1, 0.15) is 47.5 Å². The molecule has 3 N–H and O–H groups in total. The highest BCUT2D eigenvalue weighted by molar-refractivity contribution is 5.78. The van der Waals surface area contributed by atoms with Crippen LogP contribution in [0.4, 0.5) is 4.79 Å². The number of nitrogens with zero attached hydrogens (tertiary/aromatic N) is 3. The van der Waals surface area contributed by atoms with Crippen LogP contribution in [0.2, 0.25) is 0 Å². The summed E-state index contributed by atoms with van der Waals surface area (Å²) in [5.41, 5.74) is 6.00. The second kappa shape index (κ2) is 10.4. The third kappa shape index (κ3) is 6.95. The zero-order chi connectivity index (χ0) is 18.1. The van der Waals surface area contributed by atoms with E-state index in [1.807, 2.05) is 6.92 Å². The Morgan fingerprint density at radius 3 is 2.38 bits per heavy atom. The second-order valence-electron chi connectivity index (χ2n) is 6.80. The largest absolute Gasteiger partial charge is 0.450 e. The van der Waals surface area contributed by atoms with Crippen molar-refractivity contribution in [3.05, 3.63) is 0 Å². The molecule has 0 atom stereocenters. The number of nitrogens with two attached hydrogens (primary N) is 1. The molecule has 0 bridgehead atoms. The van der Waals surface area contributed by atoms with Gasteiger partial charge in [0.15, 0.2) is 5.96 Å². The molecule has 1 saturated heterocycles. The minimum Gasteiger partial charge on any atom is -0.450 e. The molecule has 140 valence electrons. The molecule has 0 spiro atoms. The molecule has 1 fully saturated rings. The molecule has 7 heteroatoms. The lowest BCUT2D eigenvalue weighted by Gasteiger charge is -2.32. The van der Waals surface area contributed by atoms with E-state index in [0.717, 1.165) is 19.4 Å². The normalized spacial score (nSPS) is 17.0. The molecule has 0 aliphatic carbocycles. The van der Waals surface area contributed by atoms with Crippen molar-refractivity contribution in [1.29, 1.82) is 0 Å². The molecule has 0 radical (unpaired) electrons. The summed E-state index contributed by atoms with van der Waals surface area (Å²) in [5, 5.41) is 3.27. The molecular weight excluding hydrogens is 306 g/mol. The van der Waals surface area contributed by atoms with Crippen molar-refractivity contribution in [1.82, 2.24) is 15.1 Å². The number of ether oxygens (including phenoxy) is 1. The fraction of sp³-hybridized carbons (Fsp3) is 0.882. The molecule has 0 aromatic rings. The Balaban J connectivity index is 2.33. The number of rotatable bonds is 7. The van der Waals surface area contributed by atoms with E-state index in [-0.39, 0.29) is 12.1 Å². The monoisotopic (exact) mass is 341 g/mol. The summed E-state index contributed by atoms with van der Waals surface area (Å²) in [6.07, 6.45) is 1.50. The van der Waals surface area contributed by atoms with Gasteiger partial charge in [0.05, 0.1) is 13.2 Å². The minimum atomic E-state index is -0.222. The number of likely N-dealkylation sites (tertiary alicyclic amines) is 1. The molecule has 1 heterocycles. The predicted octanol–water partition coefficient (Wildman–Crippen LogP) is 1.63. The van der Waals surface area contributed by atoms with Gasteiger partial charge in [0, 0.05) is 37.8 Å². The summed E-state index contributed by atoms with van der Waals surface area (Å²) >= 11 is 0. The Morgan fingerprint density at radius 1 is 1.29 bits per heavy atom. The third-order valence-corrected chi connectivity index (χ3v) is 4.34. The Bertz CT molecular complexity index is 396. The number of carbonyl (C=O) groups is 1. The highest BCUT2D eigenvalue weighted by atomic mass is 16.6. The second-order valence-corrected chi connectivity index (χ2v) is 6.80. The van der Waals surface area contributed by atoms with Crippen LogP contribution in [0, 0.1) is 0 Å². The summed E-state index contributed by atoms with van der Waals surface area (Å²) in [4.78, 5) is 20.3. The zero-order valence-electron chi connectivity index (χ0n) is 15.9. The minimum absolute atomic E-state index is 0.222. The molecule has 0 aromatic heterocycles. The molecule has 1 aliphatic heterocycles. The Hall–Kier alpha value is -1.50. The first-order valence-electron chi connectivity index (χ1n) is 9.09. The van der Waals surface area contributed by atoms with Crippen LogP contribution in [0.3, 0.4) is 0 Å². The molecule has 0 unspecified atom stereocenters. The average molecular weight is 342 g/mol. The van der Waals surface area contributed by atoms with E-state index in [1.54, 1.807) is 4.90 Å². The Kier molecular flexibility index (Phi) is 8.89. The maximum atomic E-state index is 11.7. The molecule has 1 amide bonds. The summed E-state index contributed by atoms with van der Waals surface area (Å²) in [7, 11) is 0. The number of amides is 1. The van der Waals surface area contributed by atoms with Crippen molar-refractivity contribution in [3.63, 3.8) is 0 Å². The van der Waals surface area contributed by atoms with Crippen molar-refractivity contribution in [2.75, 3.05) is 32.8 Å². The summed E-state index contributed by atoms with van der Waals surface area (Å²) in [6.45, 7) is 14.0. The topological polar surface area (TPSA) is 83.2 Å². The van der Waals surface area contributed by atoms with E-state index in [0.29, 0.717) is 44.3 Å². The number of hydrogen-bond donors (Lipinski definition) is 2. The molecule has 1 rings (SSSR count). The smallest absolute Gasteiger partial charge is 0.409 e. The van der Waals surface area contributed by atoms with Crippen LogP contribution in [-0.2, 0) is 4.74 Å². The molecular formula is C17H35N5O2. The van der Waals surface area contributed by atoms with Crippen molar-refractivity contribution >= 4 is 12.1 Å². The molecule has 0 aromatic carbocycles. The van der Waals surface area contributed by atoms with Gasteiger partial charge in [-0.1, -0.05) is 0 Å². The fourth-order valence-corrected chi connectivity index (χ4v) is 3.07. The molecule has 0 saturated carbocycles. The van der Waals surface area contributed by atoms with Gasteiger partial charge in [0.25, 0.3) is 0 Å². The number of guanidine groups is 1. The zero-order valence-corrected chi connectivity index (χ0v) is 15.9. The van der Waals surface area contributed by atoms with Crippen LogP contribution in [0.5, 0.6) is 0 Å². The van der Waals surface area contributed by atoms with Crippen LogP contribution in [0.25, 0.3) is 0 Å². The highest BCUT2D eigenvalue weighted by Crippen LogP contribution is 2.11. The lowest BCUT2D eigenvalue weighted by atomic mass is 10.1. The van der Waals surface area contributed by atoms with Gasteiger partial charge in [-0.3, -0.25) is 9.89 Å². The van der Waals surface area contributed by atoms with Crippen molar-refractivity contribution in [3.8, 4) is 0 Å². The quantitative estimate of drug-likeness (QED) is 0.543. The maximum absolute atomic E-state index is 11.7.